The second-order valence-electron chi connectivity index (χ2n) is 7.41. The van der Waals surface area contributed by atoms with Crippen LogP contribution in [-0.2, 0) is 9.59 Å². The van der Waals surface area contributed by atoms with Gasteiger partial charge in [-0.3, -0.25) is 9.59 Å². The van der Waals surface area contributed by atoms with Crippen LogP contribution in [0.2, 0.25) is 0 Å². The van der Waals surface area contributed by atoms with Gasteiger partial charge < -0.3 is 29.9 Å². The minimum Gasteiger partial charge on any atom is -0.497 e. The number of methoxy groups -OCH3 is 2. The molecule has 2 aromatic carbocycles. The van der Waals surface area contributed by atoms with Gasteiger partial charge in [0, 0.05) is 11.4 Å². The first-order valence-corrected chi connectivity index (χ1v) is 10.1. The number of carbonyl (C=O) groups is 2. The van der Waals surface area contributed by atoms with Crippen molar-refractivity contribution < 1.29 is 28.9 Å². The molecule has 0 radical (unpaired) electrons. The van der Waals surface area contributed by atoms with E-state index in [1.165, 1.54) is 9.80 Å². The summed E-state index contributed by atoms with van der Waals surface area (Å²) >= 11 is 0. The number of hydrogen-bond acceptors (Lipinski definition) is 4. The normalized spacial score (nSPS) is 18.3. The molecule has 0 aromatic heterocycles. The van der Waals surface area contributed by atoms with E-state index >= 15 is 0 Å². The van der Waals surface area contributed by atoms with Crippen LogP contribution in [-0.4, -0.2) is 65.3 Å². The van der Waals surface area contributed by atoms with Gasteiger partial charge in [0.05, 0.1) is 14.2 Å². The fourth-order valence-electron chi connectivity index (χ4n) is 3.52. The molecule has 1 saturated heterocycles. The number of nitrogens with one attached hydrogen (secondary N) is 4. The molecule has 0 aliphatic carbocycles. The Labute approximate surface area is 176 Å². The number of amides is 2. The van der Waals surface area contributed by atoms with Crippen molar-refractivity contribution in [1.82, 2.24) is 0 Å². The Bertz CT molecular complexity index is 760. The second-order valence-corrected chi connectivity index (χ2v) is 7.41. The lowest BCUT2D eigenvalue weighted by atomic mass is 10.2. The molecule has 0 spiro atoms. The highest BCUT2D eigenvalue weighted by Gasteiger charge is 2.26. The lowest BCUT2D eigenvalue weighted by molar-refractivity contribution is -1.00. The van der Waals surface area contributed by atoms with Crippen molar-refractivity contribution >= 4 is 23.2 Å². The zero-order chi connectivity index (χ0) is 21.3. The SMILES string of the molecule is COc1ccc(NC(=O)C[NH+]2CC[NH+](CC(=O)Nc3ccc(OC)cc3)CC2)cc1. The molecule has 0 bridgehead atoms. The van der Waals surface area contributed by atoms with Gasteiger partial charge in [0.2, 0.25) is 0 Å². The van der Waals surface area contributed by atoms with Crippen LogP contribution in [0.1, 0.15) is 0 Å². The first-order valence-electron chi connectivity index (χ1n) is 10.1. The molecule has 8 nitrogen and oxygen atoms in total. The average Bonchev–Trinajstić information content (AvgIpc) is 2.76. The number of hydrogen-bond donors (Lipinski definition) is 4. The maximum Gasteiger partial charge on any atom is 0.279 e. The minimum absolute atomic E-state index is 0.00383. The standard InChI is InChI=1S/C22H28N4O4/c1-29-19-7-3-17(4-8-19)23-21(27)15-25-11-13-26(14-12-25)16-22(28)24-18-5-9-20(30-2)10-6-18/h3-10H,11-16H2,1-2H3,(H,23,27)(H,24,28)/p+2. The van der Waals surface area contributed by atoms with E-state index < -0.39 is 0 Å². The zero-order valence-electron chi connectivity index (χ0n) is 17.5. The number of quaternary nitrogens is 2. The monoisotopic (exact) mass is 414 g/mol. The van der Waals surface area contributed by atoms with E-state index in [9.17, 15) is 9.59 Å². The van der Waals surface area contributed by atoms with Gasteiger partial charge in [-0.15, -0.1) is 0 Å². The number of anilines is 2. The maximum absolute atomic E-state index is 12.3. The highest BCUT2D eigenvalue weighted by Crippen LogP contribution is 2.15. The molecule has 1 aliphatic rings. The lowest BCUT2D eigenvalue weighted by Gasteiger charge is -2.29. The molecule has 2 aromatic rings. The third kappa shape index (κ3) is 6.47. The summed E-state index contributed by atoms with van der Waals surface area (Å²) in [6.07, 6.45) is 0. The predicted molar refractivity (Wildman–Crippen MR) is 114 cm³/mol. The fraction of sp³-hybridized carbons (Fsp3) is 0.364. The summed E-state index contributed by atoms with van der Waals surface area (Å²) in [5.74, 6) is 1.51. The van der Waals surface area contributed by atoms with Crippen molar-refractivity contribution in [3.8, 4) is 11.5 Å². The van der Waals surface area contributed by atoms with Gasteiger partial charge in [-0.1, -0.05) is 0 Å². The van der Waals surface area contributed by atoms with Crippen molar-refractivity contribution in [3.05, 3.63) is 48.5 Å². The average molecular weight is 415 g/mol. The van der Waals surface area contributed by atoms with Crippen molar-refractivity contribution in [2.45, 2.75) is 0 Å². The first kappa shape index (κ1) is 21.6. The van der Waals surface area contributed by atoms with E-state index in [1.54, 1.807) is 14.2 Å². The molecule has 160 valence electrons. The highest BCUT2D eigenvalue weighted by atomic mass is 16.5. The van der Waals surface area contributed by atoms with E-state index in [2.05, 4.69) is 10.6 Å². The third-order valence-electron chi connectivity index (χ3n) is 5.23. The van der Waals surface area contributed by atoms with E-state index in [1.807, 2.05) is 48.5 Å². The van der Waals surface area contributed by atoms with E-state index in [4.69, 9.17) is 9.47 Å². The Morgan fingerprint density at radius 1 is 0.700 bits per heavy atom. The number of carbonyl (C=O) groups excluding carboxylic acids is 2. The summed E-state index contributed by atoms with van der Waals surface area (Å²) in [6, 6.07) is 14.6. The molecule has 0 atom stereocenters. The van der Waals surface area contributed by atoms with Gasteiger partial charge in [-0.25, -0.2) is 0 Å². The second kappa shape index (κ2) is 10.6. The number of benzene rings is 2. The topological polar surface area (TPSA) is 85.5 Å². The molecule has 0 saturated carbocycles. The van der Waals surface area contributed by atoms with Crippen LogP contribution in [0.25, 0.3) is 0 Å². The number of ether oxygens (including phenoxy) is 2. The molecule has 3 rings (SSSR count). The molecule has 8 heteroatoms. The van der Waals surface area contributed by atoms with Gasteiger partial charge in [0.15, 0.2) is 13.1 Å². The van der Waals surface area contributed by atoms with Gasteiger partial charge in [-0.05, 0) is 48.5 Å². The van der Waals surface area contributed by atoms with Crippen LogP contribution >= 0.6 is 0 Å². The summed E-state index contributed by atoms with van der Waals surface area (Å²) in [6.45, 7) is 4.30. The zero-order valence-corrected chi connectivity index (χ0v) is 17.5. The van der Waals surface area contributed by atoms with Crippen molar-refractivity contribution in [2.75, 3.05) is 64.1 Å². The molecule has 0 unspecified atom stereocenters. The van der Waals surface area contributed by atoms with Crippen LogP contribution in [0.3, 0.4) is 0 Å². The van der Waals surface area contributed by atoms with Gasteiger partial charge in [-0.2, -0.15) is 0 Å². The van der Waals surface area contributed by atoms with Gasteiger partial charge >= 0.3 is 0 Å². The van der Waals surface area contributed by atoms with Crippen LogP contribution in [0.15, 0.2) is 48.5 Å². The number of piperazine rings is 1. The van der Waals surface area contributed by atoms with E-state index in [-0.39, 0.29) is 11.8 Å². The van der Waals surface area contributed by atoms with Crippen molar-refractivity contribution in [1.29, 1.82) is 0 Å². The summed E-state index contributed by atoms with van der Waals surface area (Å²) in [5, 5.41) is 5.85. The summed E-state index contributed by atoms with van der Waals surface area (Å²) < 4.78 is 10.2. The molecule has 30 heavy (non-hydrogen) atoms. The maximum atomic E-state index is 12.3. The molecule has 2 amide bonds. The van der Waals surface area contributed by atoms with Gasteiger partial charge in [0.25, 0.3) is 11.8 Å². The molecule has 4 N–H and O–H groups in total. The van der Waals surface area contributed by atoms with Crippen molar-refractivity contribution in [3.63, 3.8) is 0 Å². The first-order chi connectivity index (χ1) is 14.6. The Morgan fingerprint density at radius 3 is 1.33 bits per heavy atom. The molecule has 1 heterocycles. The molecule has 1 fully saturated rings. The van der Waals surface area contributed by atoms with Gasteiger partial charge in [0.1, 0.15) is 37.7 Å². The van der Waals surface area contributed by atoms with Crippen LogP contribution < -0.4 is 29.9 Å². The predicted octanol–water partition coefficient (Wildman–Crippen LogP) is -0.936. The van der Waals surface area contributed by atoms with Crippen LogP contribution in [0.4, 0.5) is 11.4 Å². The molecule has 1 aliphatic heterocycles. The molecular weight excluding hydrogens is 384 g/mol. The Morgan fingerprint density at radius 2 is 1.03 bits per heavy atom. The Kier molecular flexibility index (Phi) is 7.64. The third-order valence-corrected chi connectivity index (χ3v) is 5.23. The van der Waals surface area contributed by atoms with Crippen molar-refractivity contribution in [2.24, 2.45) is 0 Å². The smallest absolute Gasteiger partial charge is 0.279 e. The number of rotatable bonds is 8. The molecular formula is C22H30N4O4+2. The Hall–Kier alpha value is -3.10. The summed E-state index contributed by atoms with van der Waals surface area (Å²) in [5.41, 5.74) is 1.53. The fourth-order valence-corrected chi connectivity index (χ4v) is 3.52. The van der Waals surface area contributed by atoms with E-state index in [0.29, 0.717) is 13.1 Å². The lowest BCUT2D eigenvalue weighted by Crippen LogP contribution is -3.28. The summed E-state index contributed by atoms with van der Waals surface area (Å²) in [4.78, 5) is 27.1. The highest BCUT2D eigenvalue weighted by molar-refractivity contribution is 5.92. The quantitative estimate of drug-likeness (QED) is 0.450. The summed E-state index contributed by atoms with van der Waals surface area (Å²) in [7, 11) is 3.22. The minimum atomic E-state index is -0.00383. The largest absolute Gasteiger partial charge is 0.497 e. The van der Waals surface area contributed by atoms with E-state index in [0.717, 1.165) is 49.1 Å². The van der Waals surface area contributed by atoms with Crippen LogP contribution in [0, 0.1) is 0 Å². The van der Waals surface area contributed by atoms with Crippen LogP contribution in [0.5, 0.6) is 11.5 Å². The Balaban J connectivity index is 1.37.